The van der Waals surface area contributed by atoms with Gasteiger partial charge in [-0.3, -0.25) is 4.90 Å². The molecular formula is C14H13ClN2OS2. The molecule has 0 aromatic carbocycles. The number of nitrogens with zero attached hydrogens (tertiary/aromatic N) is 2. The Balaban J connectivity index is 1.63. The van der Waals surface area contributed by atoms with Gasteiger partial charge in [-0.1, -0.05) is 17.7 Å². The molecule has 0 atom stereocenters. The summed E-state index contributed by atoms with van der Waals surface area (Å²) in [5.41, 5.74) is 0.943. The molecule has 0 fully saturated rings. The van der Waals surface area contributed by atoms with Gasteiger partial charge in [-0.2, -0.15) is 0 Å². The first-order valence-electron chi connectivity index (χ1n) is 6.12. The number of thiophene rings is 2. The summed E-state index contributed by atoms with van der Waals surface area (Å²) in [4.78, 5) is 9.02. The van der Waals surface area contributed by atoms with Gasteiger partial charge in [0.25, 0.3) is 0 Å². The zero-order valence-electron chi connectivity index (χ0n) is 10.9. The third kappa shape index (κ3) is 3.30. The van der Waals surface area contributed by atoms with Crippen molar-refractivity contribution in [1.82, 2.24) is 9.88 Å². The number of aromatic nitrogens is 1. The highest BCUT2D eigenvalue weighted by Gasteiger charge is 2.10. The summed E-state index contributed by atoms with van der Waals surface area (Å²) in [6, 6.07) is 8.00. The van der Waals surface area contributed by atoms with Crippen LogP contribution in [-0.4, -0.2) is 16.9 Å². The second kappa shape index (κ2) is 6.10. The molecule has 104 valence electrons. The van der Waals surface area contributed by atoms with Crippen LogP contribution in [0.3, 0.4) is 0 Å². The Morgan fingerprint density at radius 2 is 2.20 bits per heavy atom. The van der Waals surface area contributed by atoms with Gasteiger partial charge in [-0.25, -0.2) is 4.98 Å². The number of hydrogen-bond acceptors (Lipinski definition) is 5. The third-order valence-corrected chi connectivity index (χ3v) is 4.84. The Labute approximate surface area is 130 Å². The van der Waals surface area contributed by atoms with E-state index >= 15 is 0 Å². The molecule has 0 saturated heterocycles. The van der Waals surface area contributed by atoms with Crippen molar-refractivity contribution < 1.29 is 4.42 Å². The molecule has 0 amide bonds. The topological polar surface area (TPSA) is 29.3 Å². The molecule has 0 unspecified atom stereocenters. The first-order chi connectivity index (χ1) is 9.70. The van der Waals surface area contributed by atoms with Crippen LogP contribution in [0, 0.1) is 0 Å². The number of halogens is 1. The van der Waals surface area contributed by atoms with Gasteiger partial charge in [-0.15, -0.1) is 22.7 Å². The molecule has 0 aliphatic heterocycles. The monoisotopic (exact) mass is 324 g/mol. The van der Waals surface area contributed by atoms with Crippen molar-refractivity contribution in [3.8, 4) is 10.8 Å². The fraction of sp³-hybridized carbons (Fsp3) is 0.214. The van der Waals surface area contributed by atoms with Crippen LogP contribution >= 0.6 is 34.3 Å². The summed E-state index contributed by atoms with van der Waals surface area (Å²) in [6.45, 7) is 1.61. The smallest absolute Gasteiger partial charge is 0.236 e. The number of rotatable bonds is 5. The summed E-state index contributed by atoms with van der Waals surface area (Å²) in [5, 5.41) is 2.02. The largest absolute Gasteiger partial charge is 0.444 e. The lowest BCUT2D eigenvalue weighted by Gasteiger charge is -2.13. The van der Waals surface area contributed by atoms with Crippen molar-refractivity contribution >= 4 is 34.3 Å². The van der Waals surface area contributed by atoms with E-state index in [-0.39, 0.29) is 0 Å². The van der Waals surface area contributed by atoms with Gasteiger partial charge in [0, 0.05) is 18.0 Å². The molecule has 3 aromatic rings. The van der Waals surface area contributed by atoms with Crippen LogP contribution in [0.2, 0.25) is 4.34 Å². The van der Waals surface area contributed by atoms with Gasteiger partial charge in [0.1, 0.15) is 6.26 Å². The van der Waals surface area contributed by atoms with Crippen molar-refractivity contribution in [2.24, 2.45) is 0 Å². The normalized spacial score (nSPS) is 11.3. The molecule has 6 heteroatoms. The van der Waals surface area contributed by atoms with E-state index in [9.17, 15) is 0 Å². The van der Waals surface area contributed by atoms with Gasteiger partial charge in [0.15, 0.2) is 0 Å². The first kappa shape index (κ1) is 13.8. The van der Waals surface area contributed by atoms with E-state index in [0.29, 0.717) is 5.89 Å². The Morgan fingerprint density at radius 1 is 1.30 bits per heavy atom. The summed E-state index contributed by atoms with van der Waals surface area (Å²) in [6.07, 6.45) is 1.73. The van der Waals surface area contributed by atoms with Crippen LogP contribution in [0.5, 0.6) is 0 Å². The Morgan fingerprint density at radius 3 is 2.90 bits per heavy atom. The van der Waals surface area contributed by atoms with Crippen LogP contribution in [0.25, 0.3) is 10.8 Å². The molecule has 3 rings (SSSR count). The SMILES string of the molecule is CN(Cc1coc(-c2cccs2)n1)Cc1ccc(Cl)s1. The highest BCUT2D eigenvalue weighted by Crippen LogP contribution is 2.25. The molecule has 0 saturated carbocycles. The molecule has 0 aliphatic rings. The third-order valence-electron chi connectivity index (χ3n) is 2.77. The standard InChI is InChI=1S/C14H13ClN2OS2/c1-17(8-11-4-5-13(15)20-11)7-10-9-18-14(16-10)12-3-2-6-19-12/h2-6,9H,7-8H2,1H3. The quantitative estimate of drug-likeness (QED) is 0.678. The summed E-state index contributed by atoms with van der Waals surface area (Å²) in [7, 11) is 2.06. The van der Waals surface area contributed by atoms with Crippen LogP contribution in [0.15, 0.2) is 40.3 Å². The highest BCUT2D eigenvalue weighted by molar-refractivity contribution is 7.16. The Kier molecular flexibility index (Phi) is 4.21. The number of oxazole rings is 1. The lowest BCUT2D eigenvalue weighted by atomic mass is 10.4. The Hall–Kier alpha value is -1.14. The maximum absolute atomic E-state index is 5.94. The van der Waals surface area contributed by atoms with Crippen molar-refractivity contribution in [2.75, 3.05) is 7.05 Å². The average molecular weight is 325 g/mol. The van der Waals surface area contributed by atoms with E-state index in [4.69, 9.17) is 16.0 Å². The molecule has 3 heterocycles. The molecule has 20 heavy (non-hydrogen) atoms. The minimum atomic E-state index is 0.697. The minimum Gasteiger partial charge on any atom is -0.444 e. The molecule has 0 spiro atoms. The van der Waals surface area contributed by atoms with Crippen molar-refractivity contribution in [3.63, 3.8) is 0 Å². The fourth-order valence-corrected chi connectivity index (χ4v) is 3.75. The lowest BCUT2D eigenvalue weighted by Crippen LogP contribution is -2.16. The zero-order valence-corrected chi connectivity index (χ0v) is 13.3. The van der Waals surface area contributed by atoms with Crippen molar-refractivity contribution in [2.45, 2.75) is 13.1 Å². The number of hydrogen-bond donors (Lipinski definition) is 0. The molecule has 0 radical (unpaired) electrons. The predicted molar refractivity (Wildman–Crippen MR) is 84.3 cm³/mol. The zero-order chi connectivity index (χ0) is 13.9. The molecular weight excluding hydrogens is 312 g/mol. The van der Waals surface area contributed by atoms with E-state index in [1.54, 1.807) is 28.9 Å². The second-order valence-electron chi connectivity index (χ2n) is 4.50. The van der Waals surface area contributed by atoms with Gasteiger partial charge in [-0.05, 0) is 30.6 Å². The van der Waals surface area contributed by atoms with E-state index in [1.165, 1.54) is 4.88 Å². The van der Waals surface area contributed by atoms with Crippen molar-refractivity contribution in [3.05, 3.63) is 50.8 Å². The van der Waals surface area contributed by atoms with E-state index in [1.807, 2.05) is 23.6 Å². The highest BCUT2D eigenvalue weighted by atomic mass is 35.5. The summed E-state index contributed by atoms with van der Waals surface area (Å²) in [5.74, 6) is 0.697. The Bertz CT molecular complexity index is 675. The molecule has 0 bridgehead atoms. The van der Waals surface area contributed by atoms with Crippen LogP contribution in [0.1, 0.15) is 10.6 Å². The van der Waals surface area contributed by atoms with E-state index < -0.39 is 0 Å². The van der Waals surface area contributed by atoms with E-state index in [0.717, 1.165) is 28.0 Å². The van der Waals surface area contributed by atoms with Gasteiger partial charge >= 0.3 is 0 Å². The maximum Gasteiger partial charge on any atom is 0.236 e. The van der Waals surface area contributed by atoms with Crippen LogP contribution in [0.4, 0.5) is 0 Å². The summed E-state index contributed by atoms with van der Waals surface area (Å²) >= 11 is 9.18. The molecule has 3 nitrogen and oxygen atoms in total. The van der Waals surface area contributed by atoms with Gasteiger partial charge in [0.05, 0.1) is 14.9 Å². The van der Waals surface area contributed by atoms with E-state index in [2.05, 4.69) is 23.0 Å². The maximum atomic E-state index is 5.94. The molecule has 0 aliphatic carbocycles. The molecule has 0 N–H and O–H groups in total. The molecule has 3 aromatic heterocycles. The van der Waals surface area contributed by atoms with Gasteiger partial charge < -0.3 is 4.42 Å². The van der Waals surface area contributed by atoms with Crippen molar-refractivity contribution in [1.29, 1.82) is 0 Å². The second-order valence-corrected chi connectivity index (χ2v) is 7.25. The average Bonchev–Trinajstić information content (AvgIpc) is 3.10. The minimum absolute atomic E-state index is 0.697. The lowest BCUT2D eigenvalue weighted by molar-refractivity contribution is 0.317. The predicted octanol–water partition coefficient (Wildman–Crippen LogP) is 4.75. The summed E-state index contributed by atoms with van der Waals surface area (Å²) < 4.78 is 6.35. The van der Waals surface area contributed by atoms with Crippen LogP contribution < -0.4 is 0 Å². The van der Waals surface area contributed by atoms with Crippen LogP contribution in [-0.2, 0) is 13.1 Å². The van der Waals surface area contributed by atoms with Gasteiger partial charge in [0.2, 0.25) is 5.89 Å². The fourth-order valence-electron chi connectivity index (χ4n) is 1.93. The first-order valence-corrected chi connectivity index (χ1v) is 8.19.